The summed E-state index contributed by atoms with van der Waals surface area (Å²) in [5.74, 6) is 1.14. The summed E-state index contributed by atoms with van der Waals surface area (Å²) in [6, 6.07) is 12.1. The molecule has 1 aromatic heterocycles. The van der Waals surface area contributed by atoms with Crippen molar-refractivity contribution in [2.75, 3.05) is 7.11 Å². The van der Waals surface area contributed by atoms with Crippen molar-refractivity contribution in [2.45, 2.75) is 26.7 Å². The van der Waals surface area contributed by atoms with Crippen molar-refractivity contribution in [1.82, 2.24) is 4.98 Å². The average molecular weight is 307 g/mol. The molecule has 0 saturated carbocycles. The van der Waals surface area contributed by atoms with Gasteiger partial charge in [-0.3, -0.25) is 4.79 Å². The summed E-state index contributed by atoms with van der Waals surface area (Å²) in [6.45, 7) is 6.35. The first-order valence-electron chi connectivity index (χ1n) is 7.81. The van der Waals surface area contributed by atoms with Crippen LogP contribution in [0.5, 0.6) is 5.75 Å². The lowest BCUT2D eigenvalue weighted by Crippen LogP contribution is -1.91. The Balaban J connectivity index is 2.37. The van der Waals surface area contributed by atoms with Crippen molar-refractivity contribution in [3.05, 3.63) is 53.1 Å². The summed E-state index contributed by atoms with van der Waals surface area (Å²) in [4.78, 5) is 15.3. The van der Waals surface area contributed by atoms with Crippen LogP contribution in [0.1, 0.15) is 41.3 Å². The number of methoxy groups -OCH3 is 1. The van der Waals surface area contributed by atoms with Gasteiger partial charge in [-0.25, -0.2) is 0 Å². The fraction of sp³-hybridized carbons (Fsp3) is 0.250. The van der Waals surface area contributed by atoms with Crippen LogP contribution in [-0.2, 0) is 0 Å². The first-order chi connectivity index (χ1) is 11.1. The van der Waals surface area contributed by atoms with Crippen molar-refractivity contribution in [1.29, 1.82) is 0 Å². The number of para-hydroxylation sites is 1. The van der Waals surface area contributed by atoms with Crippen LogP contribution in [0, 0.1) is 6.92 Å². The van der Waals surface area contributed by atoms with Crippen molar-refractivity contribution in [2.24, 2.45) is 0 Å². The van der Waals surface area contributed by atoms with E-state index in [-0.39, 0.29) is 0 Å². The maximum atomic E-state index is 11.8. The fourth-order valence-corrected chi connectivity index (χ4v) is 3.09. The molecule has 0 fully saturated rings. The van der Waals surface area contributed by atoms with Gasteiger partial charge in [0.15, 0.2) is 6.29 Å². The van der Waals surface area contributed by atoms with Gasteiger partial charge in [-0.1, -0.05) is 43.7 Å². The topological polar surface area (TPSA) is 42.1 Å². The van der Waals surface area contributed by atoms with Crippen LogP contribution in [0.2, 0.25) is 0 Å². The molecule has 0 spiro atoms. The minimum absolute atomic E-state index is 0.379. The predicted octanol–water partition coefficient (Wildman–Crippen LogP) is 5.09. The Labute approximate surface area is 136 Å². The van der Waals surface area contributed by atoms with E-state index in [9.17, 15) is 4.79 Å². The molecule has 0 aliphatic heterocycles. The highest BCUT2D eigenvalue weighted by atomic mass is 16.5. The zero-order chi connectivity index (χ0) is 16.6. The number of aromatic nitrogens is 1. The molecule has 0 atom stereocenters. The Kier molecular flexibility index (Phi) is 3.95. The molecule has 0 unspecified atom stereocenters. The van der Waals surface area contributed by atoms with Gasteiger partial charge in [0.05, 0.1) is 18.3 Å². The number of aldehydes is 1. The van der Waals surface area contributed by atoms with Gasteiger partial charge in [0.1, 0.15) is 5.75 Å². The van der Waals surface area contributed by atoms with Gasteiger partial charge >= 0.3 is 0 Å². The van der Waals surface area contributed by atoms with E-state index in [0.29, 0.717) is 11.5 Å². The molecule has 0 bridgehead atoms. The smallest absolute Gasteiger partial charge is 0.152 e. The van der Waals surface area contributed by atoms with Crippen LogP contribution < -0.4 is 4.74 Å². The molecule has 3 nitrogen and oxygen atoms in total. The van der Waals surface area contributed by atoms with Gasteiger partial charge in [0.25, 0.3) is 0 Å². The number of aromatic amines is 1. The second-order valence-corrected chi connectivity index (χ2v) is 6.16. The standard InChI is InChI=1S/C20H21NO2/c1-12(2)14-6-5-7-15-17(11-22)20(21-19(14)15)16-10-13(3)8-9-18(16)23-4/h5-12,21H,1-4H3. The molecular formula is C20H21NO2. The first-order valence-corrected chi connectivity index (χ1v) is 7.81. The third-order valence-corrected chi connectivity index (χ3v) is 4.27. The molecule has 23 heavy (non-hydrogen) atoms. The van der Waals surface area contributed by atoms with Gasteiger partial charge in [0, 0.05) is 16.5 Å². The van der Waals surface area contributed by atoms with Crippen LogP contribution in [0.4, 0.5) is 0 Å². The number of aryl methyl sites for hydroxylation is 1. The third-order valence-electron chi connectivity index (χ3n) is 4.27. The number of carbonyl (C=O) groups excluding carboxylic acids is 1. The average Bonchev–Trinajstić information content (AvgIpc) is 2.92. The summed E-state index contributed by atoms with van der Waals surface area (Å²) in [5, 5.41) is 0.963. The van der Waals surface area contributed by atoms with Crippen LogP contribution in [0.15, 0.2) is 36.4 Å². The van der Waals surface area contributed by atoms with Crippen molar-refractivity contribution >= 4 is 17.2 Å². The molecule has 0 aliphatic carbocycles. The van der Waals surface area contributed by atoms with E-state index in [4.69, 9.17) is 4.74 Å². The molecule has 1 N–H and O–H groups in total. The lowest BCUT2D eigenvalue weighted by molar-refractivity contribution is 0.112. The van der Waals surface area contributed by atoms with E-state index in [1.54, 1.807) is 7.11 Å². The number of rotatable bonds is 4. The molecule has 3 aromatic rings. The minimum atomic E-state index is 0.379. The third kappa shape index (κ3) is 2.52. The lowest BCUT2D eigenvalue weighted by atomic mass is 9.99. The Bertz CT molecular complexity index is 875. The quantitative estimate of drug-likeness (QED) is 0.682. The van der Waals surface area contributed by atoms with Gasteiger partial charge in [-0.05, 0) is 30.5 Å². The Morgan fingerprint density at radius 2 is 1.96 bits per heavy atom. The van der Waals surface area contributed by atoms with Crippen molar-refractivity contribution < 1.29 is 9.53 Å². The summed E-state index contributed by atoms with van der Waals surface area (Å²) in [5.41, 5.74) is 5.79. The van der Waals surface area contributed by atoms with Gasteiger partial charge < -0.3 is 9.72 Å². The Morgan fingerprint density at radius 1 is 1.17 bits per heavy atom. The number of carbonyl (C=O) groups is 1. The minimum Gasteiger partial charge on any atom is -0.496 e. The van der Waals surface area contributed by atoms with Crippen LogP contribution in [-0.4, -0.2) is 18.4 Å². The molecule has 0 radical (unpaired) electrons. The normalized spacial score (nSPS) is 11.2. The molecule has 3 heteroatoms. The summed E-state index contributed by atoms with van der Waals surface area (Å²) < 4.78 is 5.49. The fourth-order valence-electron chi connectivity index (χ4n) is 3.09. The molecule has 3 rings (SSSR count). The lowest BCUT2D eigenvalue weighted by Gasteiger charge is -2.09. The highest BCUT2D eigenvalue weighted by molar-refractivity contribution is 6.06. The summed E-state index contributed by atoms with van der Waals surface area (Å²) in [6.07, 6.45) is 0.931. The summed E-state index contributed by atoms with van der Waals surface area (Å²) >= 11 is 0. The highest BCUT2D eigenvalue weighted by Gasteiger charge is 2.18. The second-order valence-electron chi connectivity index (χ2n) is 6.16. The van der Waals surface area contributed by atoms with E-state index in [1.165, 1.54) is 5.56 Å². The maximum Gasteiger partial charge on any atom is 0.152 e. The van der Waals surface area contributed by atoms with Crippen LogP contribution in [0.25, 0.3) is 22.2 Å². The van der Waals surface area contributed by atoms with Crippen LogP contribution >= 0.6 is 0 Å². The van der Waals surface area contributed by atoms with Crippen molar-refractivity contribution in [3.8, 4) is 17.0 Å². The maximum absolute atomic E-state index is 11.8. The molecule has 2 aromatic carbocycles. The predicted molar refractivity (Wildman–Crippen MR) is 94.5 cm³/mol. The van der Waals surface area contributed by atoms with Gasteiger partial charge in [-0.15, -0.1) is 0 Å². The van der Waals surface area contributed by atoms with E-state index < -0.39 is 0 Å². The molecule has 0 aliphatic rings. The van der Waals surface area contributed by atoms with Crippen molar-refractivity contribution in [3.63, 3.8) is 0 Å². The monoisotopic (exact) mass is 307 g/mol. The van der Waals surface area contributed by atoms with Gasteiger partial charge in [0.2, 0.25) is 0 Å². The Hall–Kier alpha value is -2.55. The molecule has 118 valence electrons. The number of fused-ring (bicyclic) bond motifs is 1. The number of hydrogen-bond donors (Lipinski definition) is 1. The number of nitrogens with one attached hydrogen (secondary N) is 1. The zero-order valence-corrected chi connectivity index (χ0v) is 13.9. The number of ether oxygens (including phenoxy) is 1. The van der Waals surface area contributed by atoms with Gasteiger partial charge in [-0.2, -0.15) is 0 Å². The summed E-state index contributed by atoms with van der Waals surface area (Å²) in [7, 11) is 1.65. The zero-order valence-electron chi connectivity index (χ0n) is 13.9. The second kappa shape index (κ2) is 5.92. The van der Waals surface area contributed by atoms with E-state index >= 15 is 0 Å². The SMILES string of the molecule is COc1ccc(C)cc1-c1[nH]c2c(C(C)C)cccc2c1C=O. The first kappa shape index (κ1) is 15.3. The van der Waals surface area contributed by atoms with E-state index in [2.05, 4.69) is 24.9 Å². The van der Waals surface area contributed by atoms with E-state index in [1.807, 2.05) is 37.3 Å². The molecule has 1 heterocycles. The van der Waals surface area contributed by atoms with E-state index in [0.717, 1.165) is 39.8 Å². The number of benzene rings is 2. The number of hydrogen-bond acceptors (Lipinski definition) is 2. The van der Waals surface area contributed by atoms with Crippen LogP contribution in [0.3, 0.4) is 0 Å². The molecular weight excluding hydrogens is 286 g/mol. The largest absolute Gasteiger partial charge is 0.496 e. The highest BCUT2D eigenvalue weighted by Crippen LogP contribution is 2.37. The Morgan fingerprint density at radius 3 is 2.61 bits per heavy atom. The number of H-pyrrole nitrogens is 1. The molecule has 0 amide bonds. The molecule has 0 saturated heterocycles.